The molecule has 168 valence electrons. The van der Waals surface area contributed by atoms with Crippen molar-refractivity contribution in [2.45, 2.75) is 20.0 Å². The lowest BCUT2D eigenvalue weighted by Crippen LogP contribution is -2.26. The van der Waals surface area contributed by atoms with E-state index in [0.29, 0.717) is 34.8 Å². The van der Waals surface area contributed by atoms with Crippen LogP contribution >= 0.6 is 15.9 Å². The quantitative estimate of drug-likeness (QED) is 0.291. The predicted octanol–water partition coefficient (Wildman–Crippen LogP) is 6.44. The van der Waals surface area contributed by atoms with Gasteiger partial charge in [-0.2, -0.15) is 0 Å². The zero-order chi connectivity index (χ0) is 23.4. The molecule has 0 aliphatic carbocycles. The lowest BCUT2D eigenvalue weighted by Gasteiger charge is -2.19. The van der Waals surface area contributed by atoms with Crippen LogP contribution in [0.25, 0.3) is 11.0 Å². The molecule has 0 aliphatic rings. The fourth-order valence-electron chi connectivity index (χ4n) is 3.50. The molecule has 1 amide bonds. The Labute approximate surface area is 199 Å². The molecule has 33 heavy (non-hydrogen) atoms. The van der Waals surface area contributed by atoms with Gasteiger partial charge in [0.1, 0.15) is 11.3 Å². The van der Waals surface area contributed by atoms with Crippen molar-refractivity contribution in [2.75, 3.05) is 11.9 Å². The van der Waals surface area contributed by atoms with Crippen LogP contribution in [0, 0.1) is 6.92 Å². The summed E-state index contributed by atoms with van der Waals surface area (Å²) in [5.74, 6) is -0.628. The fraction of sp³-hybridized carbons (Fsp3) is 0.154. The summed E-state index contributed by atoms with van der Waals surface area (Å²) in [4.78, 5) is 26.4. The minimum Gasteiger partial charge on any atom is -0.492 e. The average Bonchev–Trinajstić information content (AvgIpc) is 3.15. The summed E-state index contributed by atoms with van der Waals surface area (Å²) in [6, 6.07) is 21.4. The number of ether oxygens (including phenoxy) is 2. The number of aryl methyl sites for hydroxylation is 1. The largest absolute Gasteiger partial charge is 0.492 e. The summed E-state index contributed by atoms with van der Waals surface area (Å²) >= 11 is 3.43. The maximum absolute atomic E-state index is 13.3. The normalized spacial score (nSPS) is 11.7. The van der Waals surface area contributed by atoms with Gasteiger partial charge in [-0.3, -0.25) is 4.79 Å². The highest BCUT2D eigenvalue weighted by Gasteiger charge is 2.29. The van der Waals surface area contributed by atoms with Crippen molar-refractivity contribution in [3.8, 4) is 5.75 Å². The van der Waals surface area contributed by atoms with Crippen LogP contribution in [-0.2, 0) is 9.53 Å². The standard InChI is InChI=1S/C26H22BrNO5/c1-3-31-22-12-8-7-11-20(22)28-25(29)24(17-9-5-4-6-10-17)33-26(30)23-16(2)19-15-18(27)13-14-21(19)32-23/h4-15,24H,3H2,1-2H3,(H,28,29)/t24-/m1/s1. The number of carbonyl (C=O) groups excluding carboxylic acids is 2. The first-order valence-electron chi connectivity index (χ1n) is 10.4. The number of carbonyl (C=O) groups is 2. The molecule has 4 rings (SSSR count). The van der Waals surface area contributed by atoms with Gasteiger partial charge in [0, 0.05) is 21.0 Å². The number of anilines is 1. The van der Waals surface area contributed by atoms with Crippen LogP contribution in [0.2, 0.25) is 0 Å². The van der Waals surface area contributed by atoms with Gasteiger partial charge < -0.3 is 19.2 Å². The number of furan rings is 1. The Morgan fingerprint density at radius 2 is 1.76 bits per heavy atom. The molecule has 0 spiro atoms. The van der Waals surface area contributed by atoms with Crippen molar-refractivity contribution >= 4 is 44.5 Å². The van der Waals surface area contributed by atoms with Crippen LogP contribution in [0.5, 0.6) is 5.75 Å². The van der Waals surface area contributed by atoms with Gasteiger partial charge in [0.2, 0.25) is 11.9 Å². The molecule has 0 radical (unpaired) electrons. The number of hydrogen-bond donors (Lipinski definition) is 1. The van der Waals surface area contributed by atoms with Gasteiger partial charge in [-0.15, -0.1) is 0 Å². The molecule has 0 unspecified atom stereocenters. The maximum Gasteiger partial charge on any atom is 0.375 e. The number of rotatable bonds is 7. The van der Waals surface area contributed by atoms with Crippen LogP contribution in [0.1, 0.15) is 34.7 Å². The summed E-state index contributed by atoms with van der Waals surface area (Å²) < 4.78 is 17.9. The van der Waals surface area contributed by atoms with Gasteiger partial charge in [0.25, 0.3) is 5.91 Å². The predicted molar refractivity (Wildman–Crippen MR) is 129 cm³/mol. The van der Waals surface area contributed by atoms with E-state index in [1.165, 1.54) is 0 Å². The summed E-state index contributed by atoms with van der Waals surface area (Å²) in [6.45, 7) is 4.09. The van der Waals surface area contributed by atoms with Crippen molar-refractivity contribution in [1.29, 1.82) is 0 Å². The Morgan fingerprint density at radius 1 is 1.03 bits per heavy atom. The Bertz CT molecular complexity index is 1300. The van der Waals surface area contributed by atoms with Crippen LogP contribution in [0.15, 0.2) is 81.7 Å². The van der Waals surface area contributed by atoms with E-state index in [-0.39, 0.29) is 5.76 Å². The molecule has 0 saturated heterocycles. The monoisotopic (exact) mass is 507 g/mol. The van der Waals surface area contributed by atoms with Crippen molar-refractivity contribution in [3.63, 3.8) is 0 Å². The van der Waals surface area contributed by atoms with Gasteiger partial charge in [-0.25, -0.2) is 4.79 Å². The third-order valence-electron chi connectivity index (χ3n) is 5.09. The van der Waals surface area contributed by atoms with Crippen LogP contribution in [-0.4, -0.2) is 18.5 Å². The van der Waals surface area contributed by atoms with E-state index < -0.39 is 18.0 Å². The lowest BCUT2D eigenvalue weighted by atomic mass is 10.1. The zero-order valence-electron chi connectivity index (χ0n) is 18.1. The lowest BCUT2D eigenvalue weighted by molar-refractivity contribution is -0.125. The van der Waals surface area contributed by atoms with Gasteiger partial charge in [0.05, 0.1) is 12.3 Å². The van der Waals surface area contributed by atoms with E-state index in [1.54, 1.807) is 55.5 Å². The first-order valence-corrected chi connectivity index (χ1v) is 11.2. The van der Waals surface area contributed by atoms with Crippen molar-refractivity contribution in [3.05, 3.63) is 94.2 Å². The first kappa shape index (κ1) is 22.6. The molecule has 1 N–H and O–H groups in total. The third-order valence-corrected chi connectivity index (χ3v) is 5.59. The number of hydrogen-bond acceptors (Lipinski definition) is 5. The number of para-hydroxylation sites is 2. The number of benzene rings is 3. The Morgan fingerprint density at radius 3 is 2.52 bits per heavy atom. The van der Waals surface area contributed by atoms with Crippen molar-refractivity contribution in [2.24, 2.45) is 0 Å². The number of amides is 1. The zero-order valence-corrected chi connectivity index (χ0v) is 19.7. The second-order valence-electron chi connectivity index (χ2n) is 7.31. The maximum atomic E-state index is 13.3. The molecule has 0 fully saturated rings. The summed E-state index contributed by atoms with van der Waals surface area (Å²) in [6.07, 6.45) is -1.19. The molecule has 1 aromatic heterocycles. The molecule has 3 aromatic carbocycles. The number of esters is 1. The molecular weight excluding hydrogens is 486 g/mol. The fourth-order valence-corrected chi connectivity index (χ4v) is 3.86. The van der Waals surface area contributed by atoms with E-state index in [0.717, 1.165) is 9.86 Å². The highest BCUT2D eigenvalue weighted by molar-refractivity contribution is 9.10. The van der Waals surface area contributed by atoms with Gasteiger partial charge in [-0.1, -0.05) is 58.4 Å². The highest BCUT2D eigenvalue weighted by atomic mass is 79.9. The number of fused-ring (bicyclic) bond motifs is 1. The first-order chi connectivity index (χ1) is 16.0. The van der Waals surface area contributed by atoms with Gasteiger partial charge in [0.15, 0.2) is 0 Å². The van der Waals surface area contributed by atoms with E-state index in [2.05, 4.69) is 21.2 Å². The van der Waals surface area contributed by atoms with Crippen molar-refractivity contribution < 1.29 is 23.5 Å². The Hall–Kier alpha value is -3.58. The third kappa shape index (κ3) is 4.93. The van der Waals surface area contributed by atoms with Crippen molar-refractivity contribution in [1.82, 2.24) is 0 Å². The van der Waals surface area contributed by atoms with Crippen LogP contribution < -0.4 is 10.1 Å². The van der Waals surface area contributed by atoms with Crippen LogP contribution in [0.4, 0.5) is 5.69 Å². The van der Waals surface area contributed by atoms with E-state index in [9.17, 15) is 9.59 Å². The SMILES string of the molecule is CCOc1ccccc1NC(=O)[C@H](OC(=O)c1oc2ccc(Br)cc2c1C)c1ccccc1. The number of halogens is 1. The smallest absolute Gasteiger partial charge is 0.375 e. The topological polar surface area (TPSA) is 77.8 Å². The highest BCUT2D eigenvalue weighted by Crippen LogP contribution is 2.31. The second kappa shape index (κ2) is 9.92. The molecular formula is C26H22BrNO5. The van der Waals surface area contributed by atoms with Gasteiger partial charge >= 0.3 is 5.97 Å². The van der Waals surface area contributed by atoms with E-state index in [4.69, 9.17) is 13.9 Å². The molecule has 0 bridgehead atoms. The molecule has 1 atom stereocenters. The number of nitrogens with one attached hydrogen (secondary N) is 1. The van der Waals surface area contributed by atoms with Gasteiger partial charge in [-0.05, 0) is 44.2 Å². The average molecular weight is 508 g/mol. The Kier molecular flexibility index (Phi) is 6.79. The second-order valence-corrected chi connectivity index (χ2v) is 8.23. The molecule has 7 heteroatoms. The molecule has 1 heterocycles. The molecule has 4 aromatic rings. The minimum absolute atomic E-state index is 0.0616. The minimum atomic E-state index is -1.19. The summed E-state index contributed by atoms with van der Waals surface area (Å²) in [5, 5.41) is 3.62. The molecule has 6 nitrogen and oxygen atoms in total. The summed E-state index contributed by atoms with van der Waals surface area (Å²) in [5.41, 5.74) is 2.24. The Balaban J connectivity index is 1.64. The van der Waals surface area contributed by atoms with E-state index >= 15 is 0 Å². The molecule has 0 saturated carbocycles. The summed E-state index contributed by atoms with van der Waals surface area (Å²) in [7, 11) is 0. The van der Waals surface area contributed by atoms with E-state index in [1.807, 2.05) is 31.2 Å². The molecule has 0 aliphatic heterocycles. The van der Waals surface area contributed by atoms with Crippen LogP contribution in [0.3, 0.4) is 0 Å².